The standard InChI is InChI=1S/C54H106NO7P/c1-6-8-10-12-14-16-18-20-22-24-26-28-29-31-33-35-37-39-41-43-45-47-54(56)62-53(52-61-63(57,58)60-50-48-55(3,4)5)51-59-49-46-44-42-40-38-36-34-32-30-27-25-23-21-19-17-15-13-11-9-7-2/h21,23-24,26,53H,6-20,22,25,27-52H2,1-5H3/p+1/b23-21-,26-24-. The highest BCUT2D eigenvalue weighted by Gasteiger charge is 2.26. The highest BCUT2D eigenvalue weighted by Crippen LogP contribution is 2.43. The van der Waals surface area contributed by atoms with E-state index in [1.54, 1.807) is 0 Å². The summed E-state index contributed by atoms with van der Waals surface area (Å²) in [6.45, 7) is 5.66. The minimum atomic E-state index is -4.28. The Bertz CT molecular complexity index is 1060. The summed E-state index contributed by atoms with van der Waals surface area (Å²) in [5.41, 5.74) is 0. The van der Waals surface area contributed by atoms with Gasteiger partial charge in [-0.25, -0.2) is 4.57 Å². The molecular formula is C54H107NO7P+. The Kier molecular flexibility index (Phi) is 46.7. The van der Waals surface area contributed by atoms with Crippen LogP contribution in [-0.4, -0.2) is 75.6 Å². The molecule has 9 heteroatoms. The van der Waals surface area contributed by atoms with Crippen LogP contribution in [0.15, 0.2) is 24.3 Å². The lowest BCUT2D eigenvalue weighted by Gasteiger charge is -2.24. The molecule has 0 aliphatic rings. The maximum atomic E-state index is 12.8. The molecule has 0 aromatic rings. The molecule has 0 rings (SSSR count). The molecule has 0 saturated carbocycles. The lowest BCUT2D eigenvalue weighted by atomic mass is 10.1. The minimum Gasteiger partial charge on any atom is -0.457 e. The average Bonchev–Trinajstić information content (AvgIpc) is 3.24. The number of ether oxygens (including phenoxy) is 2. The lowest BCUT2D eigenvalue weighted by Crippen LogP contribution is -2.37. The molecule has 0 fully saturated rings. The Morgan fingerprint density at radius 3 is 1.21 bits per heavy atom. The molecule has 0 radical (unpaired) electrons. The number of esters is 1. The van der Waals surface area contributed by atoms with Gasteiger partial charge in [0, 0.05) is 13.0 Å². The zero-order chi connectivity index (χ0) is 46.2. The van der Waals surface area contributed by atoms with Gasteiger partial charge in [0.1, 0.15) is 19.3 Å². The number of nitrogens with zero attached hydrogens (tertiary/aromatic N) is 1. The van der Waals surface area contributed by atoms with Crippen LogP contribution in [0.2, 0.25) is 0 Å². The van der Waals surface area contributed by atoms with Crippen LogP contribution in [0.3, 0.4) is 0 Å². The first-order chi connectivity index (χ1) is 30.6. The molecule has 0 aromatic carbocycles. The average molecular weight is 913 g/mol. The number of phosphoric acid groups is 1. The van der Waals surface area contributed by atoms with Crippen LogP contribution in [0.5, 0.6) is 0 Å². The quantitative estimate of drug-likeness (QED) is 0.0214. The lowest BCUT2D eigenvalue weighted by molar-refractivity contribution is -0.870. The van der Waals surface area contributed by atoms with Gasteiger partial charge in [0.05, 0.1) is 34.4 Å². The first-order valence-electron chi connectivity index (χ1n) is 27.1. The predicted octanol–water partition coefficient (Wildman–Crippen LogP) is 16.7. The summed E-state index contributed by atoms with van der Waals surface area (Å²) < 4.78 is 35.2. The molecule has 0 bridgehead atoms. The second-order valence-corrected chi connectivity index (χ2v) is 21.1. The van der Waals surface area contributed by atoms with Gasteiger partial charge in [0.25, 0.3) is 0 Å². The third kappa shape index (κ3) is 51.8. The van der Waals surface area contributed by atoms with E-state index in [0.29, 0.717) is 24.1 Å². The molecule has 8 nitrogen and oxygen atoms in total. The monoisotopic (exact) mass is 913 g/mol. The van der Waals surface area contributed by atoms with Gasteiger partial charge in [-0.05, 0) is 64.2 Å². The number of unbranched alkanes of at least 4 members (excludes halogenated alkanes) is 33. The molecule has 0 aliphatic heterocycles. The van der Waals surface area contributed by atoms with Crippen molar-refractivity contribution in [2.45, 2.75) is 264 Å². The molecule has 1 N–H and O–H groups in total. The summed E-state index contributed by atoms with van der Waals surface area (Å²) in [5, 5.41) is 0. The van der Waals surface area contributed by atoms with Gasteiger partial charge in [-0.1, -0.05) is 212 Å². The maximum absolute atomic E-state index is 12.8. The zero-order valence-electron chi connectivity index (χ0n) is 42.6. The number of allylic oxidation sites excluding steroid dienone is 4. The summed E-state index contributed by atoms with van der Waals surface area (Å²) in [7, 11) is 1.68. The molecule has 0 aliphatic carbocycles. The summed E-state index contributed by atoms with van der Waals surface area (Å²) >= 11 is 0. The third-order valence-electron chi connectivity index (χ3n) is 12.0. The van der Waals surface area contributed by atoms with Crippen LogP contribution < -0.4 is 0 Å². The van der Waals surface area contributed by atoms with E-state index in [2.05, 4.69) is 38.2 Å². The van der Waals surface area contributed by atoms with Crippen molar-refractivity contribution in [3.63, 3.8) is 0 Å². The molecule has 2 unspecified atom stereocenters. The summed E-state index contributed by atoms with van der Waals surface area (Å²) in [6.07, 6.45) is 56.5. The fourth-order valence-corrected chi connectivity index (χ4v) is 8.52. The zero-order valence-corrected chi connectivity index (χ0v) is 43.5. The Balaban J connectivity index is 4.10. The molecule has 0 spiro atoms. The summed E-state index contributed by atoms with van der Waals surface area (Å²) in [4.78, 5) is 23.0. The largest absolute Gasteiger partial charge is 0.472 e. The molecule has 63 heavy (non-hydrogen) atoms. The van der Waals surface area contributed by atoms with Crippen molar-refractivity contribution in [3.05, 3.63) is 24.3 Å². The molecule has 2 atom stereocenters. The van der Waals surface area contributed by atoms with E-state index in [1.807, 2.05) is 21.1 Å². The number of quaternary nitrogens is 1. The van der Waals surface area contributed by atoms with E-state index in [9.17, 15) is 14.3 Å². The van der Waals surface area contributed by atoms with Crippen LogP contribution in [0.1, 0.15) is 258 Å². The predicted molar refractivity (Wildman–Crippen MR) is 270 cm³/mol. The molecule has 0 saturated heterocycles. The van der Waals surface area contributed by atoms with Crippen molar-refractivity contribution in [1.29, 1.82) is 0 Å². The highest BCUT2D eigenvalue weighted by molar-refractivity contribution is 7.47. The second kappa shape index (κ2) is 47.5. The molecule has 0 aromatic heterocycles. The molecule has 374 valence electrons. The SMILES string of the molecule is CCCCCCCC/C=C\CCCCCCCCCCCCOCC(COP(=O)(O)OCC[N+](C)(C)C)OC(=O)CCCCCCCCCCC/C=C\CCCCCCCCCC. The van der Waals surface area contributed by atoms with E-state index in [1.165, 1.54) is 205 Å². The van der Waals surface area contributed by atoms with E-state index < -0.39 is 13.9 Å². The fraction of sp³-hybridized carbons (Fsp3) is 0.907. The minimum absolute atomic E-state index is 0.0898. The van der Waals surface area contributed by atoms with Crippen LogP contribution >= 0.6 is 7.82 Å². The highest BCUT2D eigenvalue weighted by atomic mass is 31.2. The smallest absolute Gasteiger partial charge is 0.457 e. The Hall–Kier alpha value is -1.02. The third-order valence-corrected chi connectivity index (χ3v) is 13.0. The number of carbonyl (C=O) groups is 1. The van der Waals surface area contributed by atoms with Gasteiger partial charge in [-0.15, -0.1) is 0 Å². The number of carbonyl (C=O) groups excluding carboxylic acids is 1. The van der Waals surface area contributed by atoms with E-state index in [0.717, 1.165) is 32.1 Å². The molecule has 0 amide bonds. The van der Waals surface area contributed by atoms with Crippen LogP contribution in [0, 0.1) is 0 Å². The normalized spacial score (nSPS) is 13.7. The maximum Gasteiger partial charge on any atom is 0.472 e. The van der Waals surface area contributed by atoms with Gasteiger partial charge >= 0.3 is 13.8 Å². The van der Waals surface area contributed by atoms with Crippen molar-refractivity contribution in [1.82, 2.24) is 0 Å². The van der Waals surface area contributed by atoms with Gasteiger partial charge in [-0.3, -0.25) is 13.8 Å². The van der Waals surface area contributed by atoms with E-state index in [4.69, 9.17) is 18.5 Å². The van der Waals surface area contributed by atoms with Gasteiger partial charge in [0.15, 0.2) is 0 Å². The Morgan fingerprint density at radius 2 is 0.825 bits per heavy atom. The van der Waals surface area contributed by atoms with E-state index in [-0.39, 0.29) is 25.8 Å². The van der Waals surface area contributed by atoms with Crippen molar-refractivity contribution < 1.29 is 37.3 Å². The number of hydrogen-bond acceptors (Lipinski definition) is 6. The Labute approximate surface area is 392 Å². The van der Waals surface area contributed by atoms with Crippen molar-refractivity contribution in [2.75, 3.05) is 54.1 Å². The van der Waals surface area contributed by atoms with Gasteiger partial charge < -0.3 is 18.9 Å². The van der Waals surface area contributed by atoms with Crippen LogP contribution in [-0.2, 0) is 27.9 Å². The Morgan fingerprint density at radius 1 is 0.476 bits per heavy atom. The first-order valence-corrected chi connectivity index (χ1v) is 28.6. The first kappa shape index (κ1) is 62.0. The molecular weight excluding hydrogens is 806 g/mol. The number of hydrogen-bond donors (Lipinski definition) is 1. The number of rotatable bonds is 51. The van der Waals surface area contributed by atoms with Crippen molar-refractivity contribution in [2.24, 2.45) is 0 Å². The van der Waals surface area contributed by atoms with Crippen molar-refractivity contribution in [3.8, 4) is 0 Å². The number of likely N-dealkylation sites (N-methyl/N-ethyl adjacent to an activating group) is 1. The van der Waals surface area contributed by atoms with Crippen molar-refractivity contribution >= 4 is 13.8 Å². The number of phosphoric ester groups is 1. The van der Waals surface area contributed by atoms with Gasteiger partial charge in [0.2, 0.25) is 0 Å². The van der Waals surface area contributed by atoms with Crippen LogP contribution in [0.25, 0.3) is 0 Å². The topological polar surface area (TPSA) is 91.3 Å². The van der Waals surface area contributed by atoms with Gasteiger partial charge in [-0.2, -0.15) is 0 Å². The summed E-state index contributed by atoms with van der Waals surface area (Å²) in [5.74, 6) is -0.312. The molecule has 0 heterocycles. The summed E-state index contributed by atoms with van der Waals surface area (Å²) in [6, 6.07) is 0. The van der Waals surface area contributed by atoms with Crippen LogP contribution in [0.4, 0.5) is 0 Å². The second-order valence-electron chi connectivity index (χ2n) is 19.6. The van der Waals surface area contributed by atoms with E-state index >= 15 is 0 Å². The fourth-order valence-electron chi connectivity index (χ4n) is 7.78.